The number of benzene rings is 4. The summed E-state index contributed by atoms with van der Waals surface area (Å²) in [7, 11) is 0. The number of nitrogens with zero attached hydrogens (tertiary/aromatic N) is 1. The molecular weight excluding hydrogens is 675 g/mol. The maximum Gasteiger partial charge on any atom is 0.251 e. The highest BCUT2D eigenvalue weighted by atomic mass is 16.7. The monoisotopic (exact) mass is 729 g/mol. The first-order chi connectivity index (χ1) is 26.1. The lowest BCUT2D eigenvalue weighted by molar-refractivity contribution is -0.255. The van der Waals surface area contributed by atoms with Gasteiger partial charge in [0.1, 0.15) is 0 Å². The second kappa shape index (κ2) is 17.0. The number of carbonyl (C=O) groups excluding carboxylic acids is 2. The quantitative estimate of drug-likeness (QED) is 0.152. The number of carbonyl (C=O) groups is 2. The summed E-state index contributed by atoms with van der Waals surface area (Å²) in [6.07, 6.45) is 6.48. The molecule has 4 aromatic carbocycles. The van der Waals surface area contributed by atoms with E-state index in [4.69, 9.17) is 9.47 Å². The molecule has 2 saturated heterocycles. The Labute approximate surface area is 320 Å². The summed E-state index contributed by atoms with van der Waals surface area (Å²) in [5, 5.41) is 16.0. The van der Waals surface area contributed by atoms with E-state index in [1.54, 1.807) is 0 Å². The SMILES string of the molecule is CC(C)(C)NC(=O)[C@H]1CC[C@H]2CCCC[C@H]2N1C[C@@H]1C[C@H](c2ccc(CO)cc2)O[C@H](c2ccc(-c3cccc(CNC(=O)c4ccccc4)c3)cc2)O1. The van der Waals surface area contributed by atoms with Gasteiger partial charge in [0.15, 0.2) is 6.29 Å². The van der Waals surface area contributed by atoms with Crippen LogP contribution in [0.3, 0.4) is 0 Å². The number of ether oxygens (including phenoxy) is 2. The van der Waals surface area contributed by atoms with Crippen LogP contribution >= 0.6 is 0 Å². The molecule has 1 aliphatic carbocycles. The maximum atomic E-state index is 13.8. The van der Waals surface area contributed by atoms with Crippen LogP contribution in [0.25, 0.3) is 11.1 Å². The highest BCUT2D eigenvalue weighted by Gasteiger charge is 2.44. The first-order valence-corrected chi connectivity index (χ1v) is 19.7. The van der Waals surface area contributed by atoms with Gasteiger partial charge in [0, 0.05) is 42.2 Å². The third-order valence-corrected chi connectivity index (χ3v) is 11.3. The zero-order valence-electron chi connectivity index (χ0n) is 31.9. The molecule has 2 heterocycles. The van der Waals surface area contributed by atoms with Crippen molar-refractivity contribution in [3.05, 3.63) is 131 Å². The van der Waals surface area contributed by atoms with Gasteiger partial charge < -0.3 is 25.2 Å². The fourth-order valence-corrected chi connectivity index (χ4v) is 8.56. The number of likely N-dealkylation sites (tertiary alicyclic amines) is 1. The van der Waals surface area contributed by atoms with Gasteiger partial charge >= 0.3 is 0 Å². The van der Waals surface area contributed by atoms with Crippen LogP contribution in [0.1, 0.15) is 111 Å². The summed E-state index contributed by atoms with van der Waals surface area (Å²) in [6, 6.07) is 34.0. The van der Waals surface area contributed by atoms with E-state index < -0.39 is 6.29 Å². The maximum absolute atomic E-state index is 13.8. The Morgan fingerprint density at radius 3 is 2.26 bits per heavy atom. The van der Waals surface area contributed by atoms with Gasteiger partial charge in [-0.15, -0.1) is 0 Å². The Hall–Kier alpha value is -4.34. The van der Waals surface area contributed by atoms with E-state index >= 15 is 0 Å². The van der Waals surface area contributed by atoms with Crippen molar-refractivity contribution in [2.24, 2.45) is 5.92 Å². The molecule has 8 nitrogen and oxygen atoms in total. The fraction of sp³-hybridized carbons (Fsp3) is 0.435. The number of amides is 2. The molecule has 0 radical (unpaired) electrons. The first kappa shape index (κ1) is 38.0. The molecule has 284 valence electrons. The topological polar surface area (TPSA) is 100 Å². The number of piperidine rings is 1. The lowest BCUT2D eigenvalue weighted by Gasteiger charge is -2.50. The number of aliphatic hydroxyl groups is 1. The van der Waals surface area contributed by atoms with Crippen molar-refractivity contribution in [2.75, 3.05) is 6.54 Å². The zero-order valence-corrected chi connectivity index (χ0v) is 31.9. The predicted octanol–water partition coefficient (Wildman–Crippen LogP) is 8.26. The van der Waals surface area contributed by atoms with Crippen LogP contribution in [0, 0.1) is 5.92 Å². The third kappa shape index (κ3) is 9.29. The van der Waals surface area contributed by atoms with Crippen LogP contribution in [-0.4, -0.2) is 52.1 Å². The largest absolute Gasteiger partial charge is 0.392 e. The van der Waals surface area contributed by atoms with Crippen molar-refractivity contribution >= 4 is 11.8 Å². The minimum absolute atomic E-state index is 0.00667. The average Bonchev–Trinajstić information content (AvgIpc) is 3.20. The zero-order chi connectivity index (χ0) is 37.7. The molecule has 2 amide bonds. The van der Waals surface area contributed by atoms with Crippen LogP contribution in [0.5, 0.6) is 0 Å². The summed E-state index contributed by atoms with van der Waals surface area (Å²) >= 11 is 0. The molecule has 0 bridgehead atoms. The molecule has 3 fully saturated rings. The number of nitrogens with one attached hydrogen (secondary N) is 2. The van der Waals surface area contributed by atoms with E-state index in [2.05, 4.69) is 72.7 Å². The van der Waals surface area contributed by atoms with Gasteiger partial charge in [-0.05, 0) is 98.4 Å². The van der Waals surface area contributed by atoms with E-state index in [0.29, 0.717) is 37.0 Å². The highest BCUT2D eigenvalue weighted by molar-refractivity contribution is 5.94. The van der Waals surface area contributed by atoms with Gasteiger partial charge in [-0.25, -0.2) is 0 Å². The van der Waals surface area contributed by atoms with Crippen molar-refractivity contribution in [1.29, 1.82) is 0 Å². The molecule has 0 aromatic heterocycles. The molecule has 0 unspecified atom stereocenters. The van der Waals surface area contributed by atoms with E-state index in [9.17, 15) is 14.7 Å². The minimum atomic E-state index is -0.589. The molecule has 3 N–H and O–H groups in total. The molecule has 7 rings (SSSR count). The third-order valence-electron chi connectivity index (χ3n) is 11.3. The molecule has 1 saturated carbocycles. The summed E-state index contributed by atoms with van der Waals surface area (Å²) in [4.78, 5) is 28.9. The second-order valence-corrected chi connectivity index (χ2v) is 16.4. The molecular formula is C46H55N3O5. The summed E-state index contributed by atoms with van der Waals surface area (Å²) < 4.78 is 13.6. The smallest absolute Gasteiger partial charge is 0.251 e. The molecule has 0 spiro atoms. The lowest BCUT2D eigenvalue weighted by Crippen LogP contribution is -2.61. The van der Waals surface area contributed by atoms with Crippen LogP contribution in [0.4, 0.5) is 0 Å². The summed E-state index contributed by atoms with van der Waals surface area (Å²) in [6.45, 7) is 7.24. The molecule has 4 aromatic rings. The number of fused-ring (bicyclic) bond motifs is 1. The van der Waals surface area contributed by atoms with Gasteiger partial charge in [0.05, 0.1) is 24.9 Å². The van der Waals surface area contributed by atoms with Crippen LogP contribution < -0.4 is 10.6 Å². The van der Waals surface area contributed by atoms with Crippen molar-refractivity contribution in [3.63, 3.8) is 0 Å². The lowest BCUT2D eigenvalue weighted by atomic mass is 9.75. The van der Waals surface area contributed by atoms with Crippen molar-refractivity contribution < 1.29 is 24.2 Å². The summed E-state index contributed by atoms with van der Waals surface area (Å²) in [5.74, 6) is 0.631. The Kier molecular flexibility index (Phi) is 11.9. The van der Waals surface area contributed by atoms with Crippen molar-refractivity contribution in [3.8, 4) is 11.1 Å². The van der Waals surface area contributed by atoms with E-state index in [1.807, 2.05) is 66.7 Å². The first-order valence-electron chi connectivity index (χ1n) is 19.7. The number of rotatable bonds is 10. The van der Waals surface area contributed by atoms with Crippen molar-refractivity contribution in [1.82, 2.24) is 15.5 Å². The van der Waals surface area contributed by atoms with Crippen LogP contribution in [0.2, 0.25) is 0 Å². The Bertz CT molecular complexity index is 1860. The van der Waals surface area contributed by atoms with Crippen molar-refractivity contribution in [2.45, 2.75) is 115 Å². The minimum Gasteiger partial charge on any atom is -0.392 e. The van der Waals surface area contributed by atoms with Gasteiger partial charge in [0.2, 0.25) is 5.91 Å². The van der Waals surface area contributed by atoms with Gasteiger partial charge in [-0.3, -0.25) is 14.5 Å². The fourth-order valence-electron chi connectivity index (χ4n) is 8.56. The van der Waals surface area contributed by atoms with E-state index in [0.717, 1.165) is 52.6 Å². The van der Waals surface area contributed by atoms with Gasteiger partial charge in [-0.2, -0.15) is 0 Å². The Morgan fingerprint density at radius 1 is 0.778 bits per heavy atom. The molecule has 3 aliphatic rings. The van der Waals surface area contributed by atoms with Crippen LogP contribution in [-0.2, 0) is 27.4 Å². The second-order valence-electron chi connectivity index (χ2n) is 16.4. The average molecular weight is 730 g/mol. The van der Waals surface area contributed by atoms with E-state index in [-0.39, 0.29) is 42.2 Å². The molecule has 54 heavy (non-hydrogen) atoms. The Balaban J connectivity index is 1.10. The number of hydrogen-bond donors (Lipinski definition) is 3. The molecule has 8 heteroatoms. The Morgan fingerprint density at radius 2 is 1.52 bits per heavy atom. The number of hydrogen-bond acceptors (Lipinski definition) is 6. The number of aliphatic hydroxyl groups excluding tert-OH is 1. The van der Waals surface area contributed by atoms with Crippen LogP contribution in [0.15, 0.2) is 103 Å². The molecule has 2 aliphatic heterocycles. The highest BCUT2D eigenvalue weighted by Crippen LogP contribution is 2.42. The predicted molar refractivity (Wildman–Crippen MR) is 211 cm³/mol. The van der Waals surface area contributed by atoms with Gasteiger partial charge in [0.25, 0.3) is 5.91 Å². The van der Waals surface area contributed by atoms with Gasteiger partial charge in [-0.1, -0.05) is 97.8 Å². The molecule has 6 atom stereocenters. The standard InChI is InChI=1S/C46H55N3O5/c1-46(2,3)48-44(52)41-25-24-34-11-7-8-15-40(34)49(41)29-39-27-42(35-18-16-31(30-50)17-19-35)54-45(53-39)37-22-20-33(21-23-37)38-14-9-10-32(26-38)28-47-43(51)36-12-5-4-6-13-36/h4-6,9-10,12-14,16-23,26,34,39-42,45,50H,7-8,11,15,24-25,27-30H2,1-3H3,(H,47,51)(H,48,52)/t34-,39+,40-,41-,42-,45-/m1/s1. The summed E-state index contributed by atoms with van der Waals surface area (Å²) in [5.41, 5.74) is 6.32. The van der Waals surface area contributed by atoms with E-state index in [1.165, 1.54) is 19.3 Å². The normalized spacial score (nSPS) is 24.7.